The Kier molecular flexibility index (Phi) is 3.50. The van der Waals surface area contributed by atoms with E-state index in [2.05, 4.69) is 6.58 Å². The van der Waals surface area contributed by atoms with Crippen molar-refractivity contribution in [1.82, 2.24) is 0 Å². The van der Waals surface area contributed by atoms with Gasteiger partial charge in [0, 0.05) is 5.56 Å². The molecule has 0 atom stereocenters. The molecule has 0 spiro atoms. The van der Waals surface area contributed by atoms with Gasteiger partial charge in [-0.1, -0.05) is 12.7 Å². The lowest BCUT2D eigenvalue weighted by Crippen LogP contribution is -2.12. The molecule has 1 aromatic carbocycles. The summed E-state index contributed by atoms with van der Waals surface area (Å²) in [4.78, 5) is 11.0. The van der Waals surface area contributed by atoms with Gasteiger partial charge < -0.3 is 10.5 Å². The van der Waals surface area contributed by atoms with E-state index in [0.29, 0.717) is 12.2 Å². The van der Waals surface area contributed by atoms with Crippen molar-refractivity contribution in [3.05, 3.63) is 41.5 Å². The molecule has 0 aromatic heterocycles. The van der Waals surface area contributed by atoms with Crippen molar-refractivity contribution in [3.8, 4) is 5.75 Å². The molecule has 0 bridgehead atoms. The van der Waals surface area contributed by atoms with Gasteiger partial charge >= 0.3 is 0 Å². The van der Waals surface area contributed by atoms with Crippen molar-refractivity contribution in [2.75, 3.05) is 6.61 Å². The van der Waals surface area contributed by atoms with E-state index in [-0.39, 0.29) is 0 Å². The molecule has 0 unspecified atom stereocenters. The summed E-state index contributed by atoms with van der Waals surface area (Å²) in [6.45, 7) is 7.81. The van der Waals surface area contributed by atoms with Gasteiger partial charge in [-0.25, -0.2) is 0 Å². The second-order valence-electron chi connectivity index (χ2n) is 3.40. The quantitative estimate of drug-likeness (QED) is 0.764. The van der Waals surface area contributed by atoms with Gasteiger partial charge in [-0.15, -0.1) is 0 Å². The summed E-state index contributed by atoms with van der Waals surface area (Å²) < 4.78 is 5.48. The molecular weight excluding hydrogens is 190 g/mol. The van der Waals surface area contributed by atoms with Crippen molar-refractivity contribution < 1.29 is 9.53 Å². The van der Waals surface area contributed by atoms with Crippen molar-refractivity contribution in [3.63, 3.8) is 0 Å². The molecular formula is C12H15NO2. The molecule has 15 heavy (non-hydrogen) atoms. The molecule has 2 N–H and O–H groups in total. The molecule has 0 aliphatic carbocycles. The van der Waals surface area contributed by atoms with Crippen LogP contribution in [0, 0.1) is 13.8 Å². The van der Waals surface area contributed by atoms with Crippen molar-refractivity contribution in [2.24, 2.45) is 5.73 Å². The fraction of sp³-hybridized carbons (Fsp3) is 0.250. The largest absolute Gasteiger partial charge is 0.489 e. The highest BCUT2D eigenvalue weighted by Gasteiger charge is 2.08. The molecule has 1 aromatic rings. The predicted octanol–water partition coefficient (Wildman–Crippen LogP) is 1.97. The fourth-order valence-electron chi connectivity index (χ4n) is 1.46. The lowest BCUT2D eigenvalue weighted by Gasteiger charge is -2.11. The molecule has 1 rings (SSSR count). The summed E-state index contributed by atoms with van der Waals surface area (Å²) >= 11 is 0. The first-order valence-electron chi connectivity index (χ1n) is 4.71. The average molecular weight is 205 g/mol. The normalized spacial score (nSPS) is 9.73. The van der Waals surface area contributed by atoms with Crippen LogP contribution < -0.4 is 10.5 Å². The van der Waals surface area contributed by atoms with Crippen molar-refractivity contribution >= 4 is 5.91 Å². The van der Waals surface area contributed by atoms with Gasteiger partial charge in [0.15, 0.2) is 0 Å². The third kappa shape index (κ3) is 2.59. The summed E-state index contributed by atoms with van der Waals surface area (Å²) in [7, 11) is 0. The third-order valence-electron chi connectivity index (χ3n) is 2.09. The van der Waals surface area contributed by atoms with E-state index in [4.69, 9.17) is 10.5 Å². The third-order valence-corrected chi connectivity index (χ3v) is 2.09. The first-order valence-corrected chi connectivity index (χ1v) is 4.71. The number of hydrogen-bond acceptors (Lipinski definition) is 2. The van der Waals surface area contributed by atoms with Gasteiger partial charge in [0.05, 0.1) is 0 Å². The van der Waals surface area contributed by atoms with Gasteiger partial charge in [0.1, 0.15) is 12.4 Å². The van der Waals surface area contributed by atoms with Crippen LogP contribution in [0.3, 0.4) is 0 Å². The Bertz CT molecular complexity index is 374. The minimum atomic E-state index is -0.420. The first kappa shape index (κ1) is 11.3. The number of benzene rings is 1. The van der Waals surface area contributed by atoms with Gasteiger partial charge in [0.25, 0.3) is 0 Å². The maximum atomic E-state index is 11.0. The Morgan fingerprint density at radius 3 is 2.40 bits per heavy atom. The van der Waals surface area contributed by atoms with Gasteiger partial charge in [-0.3, -0.25) is 4.79 Å². The summed E-state index contributed by atoms with van der Waals surface area (Å²) in [6.07, 6.45) is 1.68. The minimum absolute atomic E-state index is 0.420. The SMILES string of the molecule is C=CCOc1c(C)cc(C(N)=O)cc1C. The number of nitrogens with two attached hydrogens (primary N) is 1. The Balaban J connectivity index is 3.09. The highest BCUT2D eigenvalue weighted by atomic mass is 16.5. The van der Waals surface area contributed by atoms with Crippen molar-refractivity contribution in [1.29, 1.82) is 0 Å². The number of rotatable bonds is 4. The number of ether oxygens (including phenoxy) is 1. The maximum Gasteiger partial charge on any atom is 0.248 e. The van der Waals surface area contributed by atoms with Crippen LogP contribution >= 0.6 is 0 Å². The summed E-state index contributed by atoms with van der Waals surface area (Å²) in [5, 5.41) is 0. The molecule has 3 nitrogen and oxygen atoms in total. The van der Waals surface area contributed by atoms with E-state index in [1.807, 2.05) is 13.8 Å². The molecule has 3 heteroatoms. The highest BCUT2D eigenvalue weighted by Crippen LogP contribution is 2.24. The second kappa shape index (κ2) is 4.64. The first-order chi connectivity index (χ1) is 7.06. The predicted molar refractivity (Wildman–Crippen MR) is 60.1 cm³/mol. The van der Waals surface area contributed by atoms with Crippen LogP contribution in [0.4, 0.5) is 0 Å². The number of carbonyl (C=O) groups is 1. The molecule has 0 saturated carbocycles. The van der Waals surface area contributed by atoms with E-state index >= 15 is 0 Å². The van der Waals surface area contributed by atoms with E-state index in [1.54, 1.807) is 18.2 Å². The second-order valence-corrected chi connectivity index (χ2v) is 3.40. The maximum absolute atomic E-state index is 11.0. The zero-order valence-corrected chi connectivity index (χ0v) is 9.04. The molecule has 0 saturated heterocycles. The monoisotopic (exact) mass is 205 g/mol. The molecule has 1 amide bonds. The Morgan fingerprint density at radius 1 is 1.47 bits per heavy atom. The minimum Gasteiger partial charge on any atom is -0.489 e. The van der Waals surface area contributed by atoms with Crippen LogP contribution in [0.15, 0.2) is 24.8 Å². The smallest absolute Gasteiger partial charge is 0.248 e. The summed E-state index contributed by atoms with van der Waals surface area (Å²) in [5.74, 6) is 0.372. The van der Waals surface area contributed by atoms with E-state index in [0.717, 1.165) is 16.9 Å². The van der Waals surface area contributed by atoms with Crippen LogP contribution in [-0.2, 0) is 0 Å². The lowest BCUT2D eigenvalue weighted by atomic mass is 10.1. The lowest BCUT2D eigenvalue weighted by molar-refractivity contribution is 0.1000. The molecule has 0 heterocycles. The van der Waals surface area contributed by atoms with Gasteiger partial charge in [-0.05, 0) is 37.1 Å². The Labute approximate surface area is 89.5 Å². The molecule has 0 radical (unpaired) electrons. The van der Waals surface area contributed by atoms with Crippen LogP contribution in [0.5, 0.6) is 5.75 Å². The standard InChI is InChI=1S/C12H15NO2/c1-4-5-15-11-8(2)6-10(12(13)14)7-9(11)3/h4,6-7H,1,5H2,2-3H3,(H2,13,14). The molecule has 0 fully saturated rings. The number of carbonyl (C=O) groups excluding carboxylic acids is 1. The van der Waals surface area contributed by atoms with E-state index < -0.39 is 5.91 Å². The topological polar surface area (TPSA) is 52.3 Å². The fourth-order valence-corrected chi connectivity index (χ4v) is 1.46. The number of amides is 1. The van der Waals surface area contributed by atoms with E-state index in [1.165, 1.54) is 0 Å². The number of primary amides is 1. The van der Waals surface area contributed by atoms with Crippen molar-refractivity contribution in [2.45, 2.75) is 13.8 Å². The Morgan fingerprint density at radius 2 is 2.00 bits per heavy atom. The average Bonchev–Trinajstić information content (AvgIpc) is 2.16. The number of hydrogen-bond donors (Lipinski definition) is 1. The zero-order valence-electron chi connectivity index (χ0n) is 9.04. The van der Waals surface area contributed by atoms with Gasteiger partial charge in [0.2, 0.25) is 5.91 Å². The number of aryl methyl sites for hydroxylation is 2. The molecule has 0 aliphatic heterocycles. The molecule has 80 valence electrons. The highest BCUT2D eigenvalue weighted by molar-refractivity contribution is 5.93. The zero-order chi connectivity index (χ0) is 11.4. The summed E-state index contributed by atoms with van der Waals surface area (Å²) in [6, 6.07) is 3.46. The van der Waals surface area contributed by atoms with Crippen LogP contribution in [-0.4, -0.2) is 12.5 Å². The van der Waals surface area contributed by atoms with Crippen LogP contribution in [0.2, 0.25) is 0 Å². The van der Waals surface area contributed by atoms with Crippen LogP contribution in [0.25, 0.3) is 0 Å². The van der Waals surface area contributed by atoms with Gasteiger partial charge in [-0.2, -0.15) is 0 Å². The van der Waals surface area contributed by atoms with Crippen LogP contribution in [0.1, 0.15) is 21.5 Å². The summed E-state index contributed by atoms with van der Waals surface area (Å²) in [5.41, 5.74) is 7.53. The van der Waals surface area contributed by atoms with E-state index in [9.17, 15) is 4.79 Å². The molecule has 0 aliphatic rings. The Hall–Kier alpha value is -1.77.